The summed E-state index contributed by atoms with van der Waals surface area (Å²) >= 11 is 12.6. The maximum atomic E-state index is 14.5. The number of carbonyl (C=O) groups is 6. The number of rotatable bonds is 15. The molecule has 0 aromatic heterocycles. The summed E-state index contributed by atoms with van der Waals surface area (Å²) in [6.45, 7) is 11.8. The Morgan fingerprint density at radius 1 is 0.839 bits per heavy atom. The van der Waals surface area contributed by atoms with Crippen LogP contribution in [0.4, 0.5) is 18.0 Å². The molecule has 2 saturated heterocycles. The smallest absolute Gasteiger partial charge is 0.475 e. The first kappa shape index (κ1) is 51.8. The van der Waals surface area contributed by atoms with E-state index in [4.69, 9.17) is 37.8 Å². The maximum absolute atomic E-state index is 14.5. The van der Waals surface area contributed by atoms with Crippen molar-refractivity contribution < 1.29 is 51.8 Å². The second-order valence-corrected chi connectivity index (χ2v) is 17.9. The van der Waals surface area contributed by atoms with Crippen LogP contribution in [0.1, 0.15) is 97.1 Å². The number of hydrogen-bond acceptors (Lipinski definition) is 7. The number of alkyl halides is 3. The molecular weight excluding hydrogens is 854 g/mol. The van der Waals surface area contributed by atoms with Gasteiger partial charge in [0.2, 0.25) is 23.6 Å². The van der Waals surface area contributed by atoms with Crippen LogP contribution in [0.2, 0.25) is 10.0 Å². The number of likely N-dealkylation sites (tertiary alicyclic amines) is 2. The van der Waals surface area contributed by atoms with Gasteiger partial charge in [-0.05, 0) is 95.9 Å². The minimum atomic E-state index is -5.08. The van der Waals surface area contributed by atoms with Crippen LogP contribution in [0.5, 0.6) is 0 Å². The summed E-state index contributed by atoms with van der Waals surface area (Å²) < 4.78 is 37.0. The molecular formula is C44H60Cl2F3N5O8. The number of amides is 5. The third-order valence-electron chi connectivity index (χ3n) is 10.9. The van der Waals surface area contributed by atoms with Crippen molar-refractivity contribution in [3.05, 3.63) is 69.7 Å². The molecule has 4 rings (SSSR count). The van der Waals surface area contributed by atoms with E-state index in [1.807, 2.05) is 69.9 Å². The lowest BCUT2D eigenvalue weighted by Gasteiger charge is -2.43. The van der Waals surface area contributed by atoms with Gasteiger partial charge in [0.25, 0.3) is 0 Å². The van der Waals surface area contributed by atoms with Crippen molar-refractivity contribution in [3.63, 3.8) is 0 Å². The van der Waals surface area contributed by atoms with Crippen LogP contribution in [0.15, 0.2) is 48.5 Å². The molecule has 0 spiro atoms. The van der Waals surface area contributed by atoms with Gasteiger partial charge in [0.15, 0.2) is 0 Å². The van der Waals surface area contributed by atoms with Crippen molar-refractivity contribution >= 4 is 58.9 Å². The number of carbonyl (C=O) groups excluding carboxylic acids is 5. The molecule has 13 nitrogen and oxygen atoms in total. The Labute approximate surface area is 371 Å². The molecule has 0 aliphatic carbocycles. The van der Waals surface area contributed by atoms with Crippen LogP contribution < -0.4 is 16.0 Å². The number of halogens is 5. The van der Waals surface area contributed by atoms with Crippen LogP contribution in [0.3, 0.4) is 0 Å². The molecule has 2 aromatic carbocycles. The highest BCUT2D eigenvalue weighted by atomic mass is 35.5. The Hall–Kier alpha value is -4.57. The number of ether oxygens (including phenoxy) is 1. The largest absolute Gasteiger partial charge is 0.490 e. The lowest BCUT2D eigenvalue weighted by molar-refractivity contribution is -0.192. The van der Waals surface area contributed by atoms with Gasteiger partial charge in [-0.15, -0.1) is 0 Å². The number of carboxylic acids is 1. The summed E-state index contributed by atoms with van der Waals surface area (Å²) in [5.41, 5.74) is -0.387. The van der Waals surface area contributed by atoms with Gasteiger partial charge in [-0.3, -0.25) is 19.2 Å². The van der Waals surface area contributed by atoms with Gasteiger partial charge < -0.3 is 35.6 Å². The molecule has 0 saturated carbocycles. The molecule has 2 aliphatic heterocycles. The summed E-state index contributed by atoms with van der Waals surface area (Å²) in [4.78, 5) is 79.7. The van der Waals surface area contributed by atoms with E-state index in [1.54, 1.807) is 23.1 Å². The summed E-state index contributed by atoms with van der Waals surface area (Å²) in [6.07, 6.45) is -0.0193. The van der Waals surface area contributed by atoms with E-state index >= 15 is 0 Å². The third-order valence-corrected chi connectivity index (χ3v) is 11.6. The molecule has 344 valence electrons. The molecule has 2 aromatic rings. The van der Waals surface area contributed by atoms with Crippen molar-refractivity contribution in [1.29, 1.82) is 0 Å². The zero-order chi connectivity index (χ0) is 46.3. The van der Waals surface area contributed by atoms with Gasteiger partial charge in [-0.25, -0.2) is 9.59 Å². The molecule has 2 heterocycles. The van der Waals surface area contributed by atoms with E-state index < -0.39 is 40.7 Å². The number of unbranched alkanes of at least 4 members (excludes halogenated alkanes) is 2. The molecule has 18 heteroatoms. The Morgan fingerprint density at radius 3 is 2.06 bits per heavy atom. The topological polar surface area (TPSA) is 174 Å². The third kappa shape index (κ3) is 16.3. The van der Waals surface area contributed by atoms with E-state index in [2.05, 4.69) is 16.0 Å². The molecule has 0 bridgehead atoms. The van der Waals surface area contributed by atoms with Gasteiger partial charge in [0.1, 0.15) is 11.6 Å². The fraction of sp³-hybridized carbons (Fsp3) is 0.591. The summed E-state index contributed by atoms with van der Waals surface area (Å²) in [5.74, 6) is -3.28. The average Bonchev–Trinajstić information content (AvgIpc) is 3.20. The van der Waals surface area contributed by atoms with Crippen LogP contribution in [0, 0.1) is 10.8 Å². The van der Waals surface area contributed by atoms with E-state index in [-0.39, 0.29) is 36.6 Å². The number of benzene rings is 2. The molecule has 4 N–H and O–H groups in total. The summed E-state index contributed by atoms with van der Waals surface area (Å²) in [7, 11) is 0. The normalized spacial score (nSPS) is 18.0. The quantitative estimate of drug-likeness (QED) is 0.134. The molecule has 62 heavy (non-hydrogen) atoms. The van der Waals surface area contributed by atoms with Crippen LogP contribution in [0.25, 0.3) is 0 Å². The number of alkyl carbamates (subject to hydrolysis) is 1. The van der Waals surface area contributed by atoms with Gasteiger partial charge in [0.05, 0.1) is 15.5 Å². The lowest BCUT2D eigenvalue weighted by Crippen LogP contribution is -2.59. The molecule has 2 fully saturated rings. The number of hydrogen-bond donors (Lipinski definition) is 4. The van der Waals surface area contributed by atoms with Gasteiger partial charge in [0, 0.05) is 57.5 Å². The van der Waals surface area contributed by atoms with E-state index in [0.29, 0.717) is 87.7 Å². The first-order valence-electron chi connectivity index (χ1n) is 20.9. The molecule has 2 atom stereocenters. The predicted molar refractivity (Wildman–Crippen MR) is 229 cm³/mol. The maximum Gasteiger partial charge on any atom is 0.490 e. The average molecular weight is 915 g/mol. The van der Waals surface area contributed by atoms with Crippen LogP contribution in [-0.4, -0.2) is 108 Å². The highest BCUT2D eigenvalue weighted by Gasteiger charge is 2.46. The summed E-state index contributed by atoms with van der Waals surface area (Å²) in [5, 5.41) is 16.7. The zero-order valence-electron chi connectivity index (χ0n) is 36.1. The molecule has 5 amide bonds. The number of aliphatic carboxylic acids is 1. The predicted octanol–water partition coefficient (Wildman–Crippen LogP) is 7.36. The molecule has 1 unspecified atom stereocenters. The minimum absolute atomic E-state index is 0.0476. The van der Waals surface area contributed by atoms with Gasteiger partial charge in [-0.2, -0.15) is 13.2 Å². The van der Waals surface area contributed by atoms with Crippen molar-refractivity contribution in [2.24, 2.45) is 10.8 Å². The number of piperidine rings is 2. The Bertz CT molecular complexity index is 1860. The van der Waals surface area contributed by atoms with Gasteiger partial charge in [-0.1, -0.05) is 72.9 Å². The SMILES string of the molecule is CCNC(=O)[C@]1(Cc2ccccc2)CCCN(C(=O)C(Cc2ccc(Cl)c(Cl)c2)NC(=O)C2(C)CCN(C(=O)CCCCCNC(=O)OC(C)(C)C)CC2)C1.O=C(O)C(F)(F)F. The van der Waals surface area contributed by atoms with Gasteiger partial charge >= 0.3 is 18.2 Å². The number of nitrogens with zero attached hydrogens (tertiary/aromatic N) is 2. The second-order valence-electron chi connectivity index (χ2n) is 17.1. The first-order valence-corrected chi connectivity index (χ1v) is 21.6. The second kappa shape index (κ2) is 23.2. The van der Waals surface area contributed by atoms with Crippen molar-refractivity contribution in [2.75, 3.05) is 39.3 Å². The fourth-order valence-electron chi connectivity index (χ4n) is 7.44. The fourth-order valence-corrected chi connectivity index (χ4v) is 7.76. The van der Waals surface area contributed by atoms with Crippen LogP contribution >= 0.6 is 23.2 Å². The monoisotopic (exact) mass is 913 g/mol. The Morgan fingerprint density at radius 2 is 1.48 bits per heavy atom. The van der Waals surface area contributed by atoms with E-state index in [9.17, 15) is 37.1 Å². The summed E-state index contributed by atoms with van der Waals surface area (Å²) in [6, 6.07) is 14.1. The minimum Gasteiger partial charge on any atom is -0.475 e. The van der Waals surface area contributed by atoms with E-state index in [0.717, 1.165) is 24.0 Å². The Balaban J connectivity index is 0.00000134. The molecule has 0 radical (unpaired) electrons. The molecule has 2 aliphatic rings. The number of carboxylic acid groups (broad SMARTS) is 1. The van der Waals surface area contributed by atoms with E-state index in [1.165, 1.54) is 0 Å². The standard InChI is InChI=1S/C42H59Cl2N5O6.C2HF3O2/c1-6-45-38(53)42(28-30-14-9-7-10-15-30)19-13-23-49(29-42)36(51)34(27-31-17-18-32(43)33(44)26-31)47-37(52)41(5)20-24-48(25-21-41)35(50)16-11-8-12-22-46-39(54)55-40(2,3)4;3-2(4,5)1(6)7/h7,9-10,14-15,17-18,26,34H,6,8,11-13,16,19-25,27-29H2,1-5H3,(H,45,53)(H,46,54)(H,47,52);(H,6,7)/t34?,42-;/m0./s1. The number of nitrogens with one attached hydrogen (secondary N) is 3. The van der Waals surface area contributed by atoms with Crippen LogP contribution in [-0.2, 0) is 41.6 Å². The lowest BCUT2D eigenvalue weighted by atomic mass is 9.74. The zero-order valence-corrected chi connectivity index (χ0v) is 37.6. The first-order chi connectivity index (χ1) is 29.0. The van der Waals surface area contributed by atoms with Crippen molar-refractivity contribution in [1.82, 2.24) is 25.8 Å². The van der Waals surface area contributed by atoms with Crippen molar-refractivity contribution in [2.45, 2.75) is 117 Å². The Kier molecular flexibility index (Phi) is 19.4. The van der Waals surface area contributed by atoms with Crippen molar-refractivity contribution in [3.8, 4) is 0 Å². The highest BCUT2D eigenvalue weighted by molar-refractivity contribution is 6.42. The highest BCUT2D eigenvalue weighted by Crippen LogP contribution is 2.36.